The highest BCUT2D eigenvalue weighted by Crippen LogP contribution is 2.25. The first-order valence-corrected chi connectivity index (χ1v) is 7.50. The average Bonchev–Trinajstić information content (AvgIpc) is 2.91. The predicted molar refractivity (Wildman–Crippen MR) is 77.9 cm³/mol. The molecule has 0 aromatic carbocycles. The number of aromatic nitrogens is 2. The lowest BCUT2D eigenvalue weighted by Gasteiger charge is -2.28. The van der Waals surface area contributed by atoms with Gasteiger partial charge in [0.25, 0.3) is 11.7 Å². The third kappa shape index (κ3) is 4.39. The molecule has 0 saturated heterocycles. The number of nitrogens with zero attached hydrogens (tertiary/aromatic N) is 2. The summed E-state index contributed by atoms with van der Waals surface area (Å²) in [5, 5.41) is 6.47. The van der Waals surface area contributed by atoms with Crippen molar-refractivity contribution in [2.75, 3.05) is 13.2 Å². The van der Waals surface area contributed by atoms with Crippen LogP contribution < -0.4 is 5.32 Å². The maximum absolute atomic E-state index is 11.8. The number of aryl methyl sites for hydroxylation is 1. The van der Waals surface area contributed by atoms with E-state index in [1.807, 2.05) is 0 Å². The Labute approximate surface area is 124 Å². The molecule has 1 aliphatic rings. The molecule has 2 rings (SSSR count). The number of rotatable bonds is 6. The van der Waals surface area contributed by atoms with Crippen LogP contribution in [0.25, 0.3) is 0 Å². The van der Waals surface area contributed by atoms with Gasteiger partial charge in [-0.1, -0.05) is 19.8 Å². The van der Waals surface area contributed by atoms with Gasteiger partial charge in [-0.15, -0.1) is 0 Å². The summed E-state index contributed by atoms with van der Waals surface area (Å²) in [5.74, 6) is -0.594. The minimum atomic E-state index is -0.608. The summed E-state index contributed by atoms with van der Waals surface area (Å²) in [5.41, 5.74) is 0.303. The average molecular weight is 293 g/mol. The van der Waals surface area contributed by atoms with Crippen molar-refractivity contribution >= 4 is 11.7 Å². The number of ketones is 1. The Kier molecular flexibility index (Phi) is 5.50. The van der Waals surface area contributed by atoms with E-state index in [2.05, 4.69) is 17.3 Å². The molecular formula is C15H23N3O3. The molecule has 116 valence electrons. The molecule has 1 aliphatic carbocycles. The minimum absolute atomic E-state index is 0.282. The third-order valence-electron chi connectivity index (χ3n) is 3.93. The van der Waals surface area contributed by atoms with Crippen molar-refractivity contribution in [3.05, 3.63) is 18.0 Å². The van der Waals surface area contributed by atoms with Gasteiger partial charge in [0.15, 0.2) is 0 Å². The summed E-state index contributed by atoms with van der Waals surface area (Å²) < 4.78 is 7.29. The maximum Gasteiger partial charge on any atom is 0.292 e. The Hall–Kier alpha value is -1.69. The molecule has 0 bridgehead atoms. The molecule has 6 nitrogen and oxygen atoms in total. The molecule has 6 heteroatoms. The van der Waals surface area contributed by atoms with Crippen LogP contribution in [0.2, 0.25) is 0 Å². The summed E-state index contributed by atoms with van der Waals surface area (Å²) in [6, 6.07) is 0. The summed E-state index contributed by atoms with van der Waals surface area (Å²) in [4.78, 5) is 23.5. The Bertz CT molecular complexity index is 498. The van der Waals surface area contributed by atoms with E-state index in [0.717, 1.165) is 6.42 Å². The number of hydrogen-bond donors (Lipinski definition) is 1. The van der Waals surface area contributed by atoms with Crippen molar-refractivity contribution in [3.63, 3.8) is 0 Å². The van der Waals surface area contributed by atoms with Crippen molar-refractivity contribution in [1.29, 1.82) is 0 Å². The van der Waals surface area contributed by atoms with Crippen LogP contribution in [0.3, 0.4) is 0 Å². The lowest BCUT2D eigenvalue weighted by Crippen LogP contribution is -2.35. The number of hydrogen-bond acceptors (Lipinski definition) is 4. The fourth-order valence-electron chi connectivity index (χ4n) is 2.65. The molecule has 1 fully saturated rings. The molecule has 21 heavy (non-hydrogen) atoms. The Morgan fingerprint density at radius 2 is 2.19 bits per heavy atom. The van der Waals surface area contributed by atoms with Crippen molar-refractivity contribution < 1.29 is 14.3 Å². The zero-order valence-electron chi connectivity index (χ0n) is 12.7. The second-order valence-corrected chi connectivity index (χ2v) is 5.66. The second-order valence-electron chi connectivity index (χ2n) is 5.66. The van der Waals surface area contributed by atoms with Crippen LogP contribution in [0.15, 0.2) is 12.4 Å². The van der Waals surface area contributed by atoms with Crippen LogP contribution in [-0.2, 0) is 16.6 Å². The lowest BCUT2D eigenvalue weighted by atomic mass is 9.88. The smallest absolute Gasteiger partial charge is 0.292 e. The predicted octanol–water partition coefficient (Wildman–Crippen LogP) is 1.31. The van der Waals surface area contributed by atoms with Crippen molar-refractivity contribution in [1.82, 2.24) is 15.1 Å². The van der Waals surface area contributed by atoms with Gasteiger partial charge in [-0.2, -0.15) is 5.10 Å². The first kappa shape index (κ1) is 15.7. The molecule has 1 amide bonds. The Balaban J connectivity index is 1.68. The Morgan fingerprint density at radius 3 is 2.86 bits per heavy atom. The molecule has 0 spiro atoms. The fourth-order valence-corrected chi connectivity index (χ4v) is 2.65. The van der Waals surface area contributed by atoms with Crippen LogP contribution in [0.5, 0.6) is 0 Å². The highest BCUT2D eigenvalue weighted by Gasteiger charge is 2.22. The van der Waals surface area contributed by atoms with E-state index in [-0.39, 0.29) is 6.10 Å². The van der Waals surface area contributed by atoms with Gasteiger partial charge < -0.3 is 10.1 Å². The van der Waals surface area contributed by atoms with Crippen molar-refractivity contribution in [2.45, 2.75) is 38.7 Å². The summed E-state index contributed by atoms with van der Waals surface area (Å²) in [6.07, 6.45) is 7.98. The van der Waals surface area contributed by atoms with Crippen molar-refractivity contribution in [2.24, 2.45) is 13.0 Å². The van der Waals surface area contributed by atoms with Crippen molar-refractivity contribution in [3.8, 4) is 0 Å². The minimum Gasteiger partial charge on any atom is -0.376 e. The SMILES string of the molecule is C[C@H]1CCCC[C@H]1OCCNC(=O)C(=O)c1cnn(C)c1. The number of ether oxygens (including phenoxy) is 1. The lowest BCUT2D eigenvalue weighted by molar-refractivity contribution is -0.117. The molecule has 1 aromatic rings. The van der Waals surface area contributed by atoms with E-state index in [9.17, 15) is 9.59 Å². The van der Waals surface area contributed by atoms with E-state index in [1.165, 1.54) is 36.3 Å². The normalized spacial score (nSPS) is 22.0. The fraction of sp³-hybridized carbons (Fsp3) is 0.667. The summed E-state index contributed by atoms with van der Waals surface area (Å²) >= 11 is 0. The molecule has 1 N–H and O–H groups in total. The van der Waals surface area contributed by atoms with Crippen LogP contribution in [0.1, 0.15) is 43.0 Å². The maximum atomic E-state index is 11.8. The van der Waals surface area contributed by atoms with Gasteiger partial charge in [-0.05, 0) is 18.8 Å². The molecule has 1 aromatic heterocycles. The van der Waals surface area contributed by atoms with E-state index in [4.69, 9.17) is 4.74 Å². The number of carbonyl (C=O) groups excluding carboxylic acids is 2. The van der Waals surface area contributed by atoms with E-state index < -0.39 is 11.7 Å². The van der Waals surface area contributed by atoms with Gasteiger partial charge in [0.1, 0.15) is 0 Å². The standard InChI is InChI=1S/C15H23N3O3/c1-11-5-3-4-6-13(11)21-8-7-16-15(20)14(19)12-9-17-18(2)10-12/h9-11,13H,3-8H2,1-2H3,(H,16,20)/t11-,13+/m0/s1. The van der Waals surface area contributed by atoms with Gasteiger partial charge in [0, 0.05) is 19.8 Å². The topological polar surface area (TPSA) is 73.2 Å². The highest BCUT2D eigenvalue weighted by molar-refractivity contribution is 6.42. The van der Waals surface area contributed by atoms with Crippen LogP contribution in [-0.4, -0.2) is 40.7 Å². The van der Waals surface area contributed by atoms with E-state index >= 15 is 0 Å². The summed E-state index contributed by atoms with van der Waals surface area (Å²) in [7, 11) is 1.70. The Morgan fingerprint density at radius 1 is 1.43 bits per heavy atom. The monoisotopic (exact) mass is 293 g/mol. The number of carbonyl (C=O) groups is 2. The molecule has 1 saturated carbocycles. The van der Waals surface area contributed by atoms with Crippen LogP contribution in [0.4, 0.5) is 0 Å². The largest absolute Gasteiger partial charge is 0.376 e. The number of amides is 1. The third-order valence-corrected chi connectivity index (χ3v) is 3.93. The first-order valence-electron chi connectivity index (χ1n) is 7.50. The van der Waals surface area contributed by atoms with Gasteiger partial charge >= 0.3 is 0 Å². The molecule has 1 heterocycles. The first-order chi connectivity index (χ1) is 10.1. The number of nitrogens with one attached hydrogen (secondary N) is 1. The quantitative estimate of drug-likeness (QED) is 0.487. The van der Waals surface area contributed by atoms with E-state index in [1.54, 1.807) is 7.05 Å². The van der Waals surface area contributed by atoms with Gasteiger partial charge in [0.05, 0.1) is 24.5 Å². The molecule has 0 unspecified atom stereocenters. The van der Waals surface area contributed by atoms with Crippen LogP contribution >= 0.6 is 0 Å². The molecule has 2 atom stereocenters. The molecule has 0 aliphatic heterocycles. The highest BCUT2D eigenvalue weighted by atomic mass is 16.5. The van der Waals surface area contributed by atoms with Crippen LogP contribution in [0, 0.1) is 5.92 Å². The van der Waals surface area contributed by atoms with Gasteiger partial charge in [0.2, 0.25) is 0 Å². The zero-order chi connectivity index (χ0) is 15.2. The second kappa shape index (κ2) is 7.36. The van der Waals surface area contributed by atoms with Gasteiger partial charge in [-0.3, -0.25) is 14.3 Å². The van der Waals surface area contributed by atoms with Gasteiger partial charge in [-0.25, -0.2) is 0 Å². The zero-order valence-corrected chi connectivity index (χ0v) is 12.7. The summed E-state index contributed by atoms with van der Waals surface area (Å²) in [6.45, 7) is 3.00. The molecule has 0 radical (unpaired) electrons. The molecular weight excluding hydrogens is 270 g/mol. The van der Waals surface area contributed by atoms with E-state index in [0.29, 0.717) is 24.6 Å². The number of Topliss-reactive ketones (excluding diaryl/α,β-unsaturated/α-hetero) is 1.